The molecule has 0 unspecified atom stereocenters. The summed E-state index contributed by atoms with van der Waals surface area (Å²) in [5.74, 6) is 0.367. The van der Waals surface area contributed by atoms with Crippen LogP contribution in [0.1, 0.15) is 35.8 Å². The van der Waals surface area contributed by atoms with Crippen molar-refractivity contribution in [2.45, 2.75) is 32.9 Å². The molecule has 0 N–H and O–H groups in total. The monoisotopic (exact) mass is 354 g/mol. The molecular weight excluding hydrogens is 328 g/mol. The normalized spacial score (nSPS) is 16.7. The molecule has 1 atom stereocenters. The van der Waals surface area contributed by atoms with E-state index in [0.29, 0.717) is 38.3 Å². The molecule has 2 amide bonds. The molecule has 1 aliphatic rings. The molecule has 138 valence electrons. The van der Waals surface area contributed by atoms with Crippen molar-refractivity contribution in [2.24, 2.45) is 5.92 Å². The van der Waals surface area contributed by atoms with Crippen molar-refractivity contribution in [3.63, 3.8) is 0 Å². The first-order valence-electron chi connectivity index (χ1n) is 9.17. The van der Waals surface area contributed by atoms with Crippen LogP contribution in [0.3, 0.4) is 0 Å². The summed E-state index contributed by atoms with van der Waals surface area (Å²) in [4.78, 5) is 28.8. The van der Waals surface area contributed by atoms with E-state index in [-0.39, 0.29) is 17.7 Å². The predicted molar refractivity (Wildman–Crippen MR) is 99.4 cm³/mol. The Morgan fingerprint density at radius 3 is 2.73 bits per heavy atom. The SMILES string of the molecule is CCn1nccc1C(=O)N1CC[C@H](CC(=O)N(C)Cc2ccccc2)C1. The first-order valence-corrected chi connectivity index (χ1v) is 9.17. The first kappa shape index (κ1) is 18.2. The molecule has 2 heterocycles. The number of hydrogen-bond donors (Lipinski definition) is 0. The molecule has 1 aromatic carbocycles. The zero-order valence-corrected chi connectivity index (χ0v) is 15.5. The second-order valence-corrected chi connectivity index (χ2v) is 6.88. The summed E-state index contributed by atoms with van der Waals surface area (Å²) in [5, 5.41) is 4.17. The second kappa shape index (κ2) is 8.17. The molecule has 0 aliphatic carbocycles. The number of aryl methyl sites for hydroxylation is 1. The Kier molecular flexibility index (Phi) is 5.71. The third kappa shape index (κ3) is 4.12. The molecule has 1 fully saturated rings. The van der Waals surface area contributed by atoms with E-state index in [9.17, 15) is 9.59 Å². The standard InChI is InChI=1S/C20H26N4O2/c1-3-24-18(9-11-21-24)20(26)23-12-10-17(15-23)13-19(25)22(2)14-16-7-5-4-6-8-16/h4-9,11,17H,3,10,12-15H2,1-2H3/t17-/m1/s1. The fraction of sp³-hybridized carbons (Fsp3) is 0.450. The Balaban J connectivity index is 1.52. The van der Waals surface area contributed by atoms with Gasteiger partial charge in [0.2, 0.25) is 5.91 Å². The van der Waals surface area contributed by atoms with Gasteiger partial charge in [0.15, 0.2) is 0 Å². The van der Waals surface area contributed by atoms with Crippen molar-refractivity contribution < 1.29 is 9.59 Å². The highest BCUT2D eigenvalue weighted by Gasteiger charge is 2.30. The van der Waals surface area contributed by atoms with Gasteiger partial charge in [-0.05, 0) is 30.9 Å². The van der Waals surface area contributed by atoms with Gasteiger partial charge in [-0.25, -0.2) is 0 Å². The average molecular weight is 354 g/mol. The molecule has 26 heavy (non-hydrogen) atoms. The Hall–Kier alpha value is -2.63. The highest BCUT2D eigenvalue weighted by Crippen LogP contribution is 2.22. The van der Waals surface area contributed by atoms with Crippen LogP contribution in [0.2, 0.25) is 0 Å². The van der Waals surface area contributed by atoms with Crippen LogP contribution in [0.4, 0.5) is 0 Å². The summed E-state index contributed by atoms with van der Waals surface area (Å²) in [5.41, 5.74) is 1.75. The van der Waals surface area contributed by atoms with E-state index in [1.807, 2.05) is 49.2 Å². The fourth-order valence-corrected chi connectivity index (χ4v) is 3.46. The Morgan fingerprint density at radius 2 is 2.00 bits per heavy atom. The van der Waals surface area contributed by atoms with Crippen molar-refractivity contribution in [1.82, 2.24) is 19.6 Å². The summed E-state index contributed by atoms with van der Waals surface area (Å²) in [6.07, 6.45) is 3.02. The van der Waals surface area contributed by atoms with Crippen LogP contribution in [0.5, 0.6) is 0 Å². The van der Waals surface area contributed by atoms with Crippen LogP contribution in [0.15, 0.2) is 42.6 Å². The molecule has 6 heteroatoms. The lowest BCUT2D eigenvalue weighted by molar-refractivity contribution is -0.131. The van der Waals surface area contributed by atoms with E-state index in [1.165, 1.54) is 0 Å². The maximum Gasteiger partial charge on any atom is 0.272 e. The number of aromatic nitrogens is 2. The minimum Gasteiger partial charge on any atom is -0.341 e. The van der Waals surface area contributed by atoms with Crippen molar-refractivity contribution >= 4 is 11.8 Å². The highest BCUT2D eigenvalue weighted by molar-refractivity contribution is 5.92. The number of benzene rings is 1. The summed E-state index contributed by atoms with van der Waals surface area (Å²) >= 11 is 0. The van der Waals surface area contributed by atoms with Gasteiger partial charge in [0.05, 0.1) is 0 Å². The van der Waals surface area contributed by atoms with E-state index >= 15 is 0 Å². The number of carbonyl (C=O) groups excluding carboxylic acids is 2. The van der Waals surface area contributed by atoms with Crippen LogP contribution in [-0.4, -0.2) is 51.5 Å². The summed E-state index contributed by atoms with van der Waals surface area (Å²) in [6.45, 7) is 4.60. The van der Waals surface area contributed by atoms with E-state index < -0.39 is 0 Å². The van der Waals surface area contributed by atoms with Crippen LogP contribution in [-0.2, 0) is 17.9 Å². The van der Waals surface area contributed by atoms with E-state index in [4.69, 9.17) is 0 Å². The fourth-order valence-electron chi connectivity index (χ4n) is 3.46. The highest BCUT2D eigenvalue weighted by atomic mass is 16.2. The van der Waals surface area contributed by atoms with E-state index in [2.05, 4.69) is 5.10 Å². The number of amides is 2. The van der Waals surface area contributed by atoms with Gasteiger partial charge in [-0.1, -0.05) is 30.3 Å². The van der Waals surface area contributed by atoms with E-state index in [0.717, 1.165) is 12.0 Å². The average Bonchev–Trinajstić information content (AvgIpc) is 3.31. The number of nitrogens with zero attached hydrogens (tertiary/aromatic N) is 4. The second-order valence-electron chi connectivity index (χ2n) is 6.88. The zero-order chi connectivity index (χ0) is 18.5. The molecule has 1 aliphatic heterocycles. The maximum atomic E-state index is 12.7. The van der Waals surface area contributed by atoms with E-state index in [1.54, 1.807) is 21.8 Å². The van der Waals surface area contributed by atoms with Crippen LogP contribution >= 0.6 is 0 Å². The van der Waals surface area contributed by atoms with Gasteiger partial charge in [-0.3, -0.25) is 14.3 Å². The lowest BCUT2D eigenvalue weighted by atomic mass is 10.0. The molecule has 2 aromatic rings. The number of rotatable bonds is 6. The van der Waals surface area contributed by atoms with Crippen molar-refractivity contribution in [3.05, 3.63) is 53.9 Å². The molecule has 1 aromatic heterocycles. The number of likely N-dealkylation sites (tertiary alicyclic amines) is 1. The molecule has 6 nitrogen and oxygen atoms in total. The van der Waals surface area contributed by atoms with Gasteiger partial charge < -0.3 is 9.80 Å². The van der Waals surface area contributed by atoms with Crippen molar-refractivity contribution in [1.29, 1.82) is 0 Å². The van der Waals surface area contributed by atoms with Gasteiger partial charge in [0.25, 0.3) is 5.91 Å². The molecular formula is C20H26N4O2. The summed E-state index contributed by atoms with van der Waals surface area (Å²) < 4.78 is 1.72. The molecule has 0 bridgehead atoms. The molecule has 3 rings (SSSR count). The van der Waals surface area contributed by atoms with Gasteiger partial charge in [-0.2, -0.15) is 5.10 Å². The van der Waals surface area contributed by atoms with Crippen molar-refractivity contribution in [2.75, 3.05) is 20.1 Å². The Bertz CT molecular complexity index is 756. The zero-order valence-electron chi connectivity index (χ0n) is 15.5. The Morgan fingerprint density at radius 1 is 1.23 bits per heavy atom. The van der Waals surface area contributed by atoms with Crippen LogP contribution in [0.25, 0.3) is 0 Å². The topological polar surface area (TPSA) is 58.4 Å². The number of carbonyl (C=O) groups is 2. The Labute approximate surface area is 154 Å². The summed E-state index contributed by atoms with van der Waals surface area (Å²) in [6, 6.07) is 11.7. The molecule has 0 saturated carbocycles. The van der Waals surface area contributed by atoms with Gasteiger partial charge in [0.1, 0.15) is 5.69 Å². The maximum absolute atomic E-state index is 12.7. The lowest BCUT2D eigenvalue weighted by Gasteiger charge is -2.20. The minimum absolute atomic E-state index is 0.0111. The molecule has 0 radical (unpaired) electrons. The summed E-state index contributed by atoms with van der Waals surface area (Å²) in [7, 11) is 1.84. The largest absolute Gasteiger partial charge is 0.341 e. The quantitative estimate of drug-likeness (QED) is 0.800. The molecule has 1 saturated heterocycles. The smallest absolute Gasteiger partial charge is 0.272 e. The van der Waals surface area contributed by atoms with Crippen LogP contribution in [0, 0.1) is 5.92 Å². The van der Waals surface area contributed by atoms with Gasteiger partial charge in [0, 0.05) is 45.8 Å². The first-order chi connectivity index (χ1) is 12.6. The van der Waals surface area contributed by atoms with Gasteiger partial charge in [-0.15, -0.1) is 0 Å². The minimum atomic E-state index is 0.0111. The van der Waals surface area contributed by atoms with Crippen LogP contribution < -0.4 is 0 Å². The third-order valence-electron chi connectivity index (χ3n) is 4.96. The number of hydrogen-bond acceptors (Lipinski definition) is 3. The third-order valence-corrected chi connectivity index (χ3v) is 4.96. The van der Waals surface area contributed by atoms with Gasteiger partial charge >= 0.3 is 0 Å². The molecule has 0 spiro atoms. The lowest BCUT2D eigenvalue weighted by Crippen LogP contribution is -2.32. The predicted octanol–water partition coefficient (Wildman–Crippen LogP) is 2.41. The van der Waals surface area contributed by atoms with Crippen molar-refractivity contribution in [3.8, 4) is 0 Å².